The minimum absolute atomic E-state index is 0.220. The molecule has 1 unspecified atom stereocenters. The maximum absolute atomic E-state index is 6.10. The molecule has 3 aromatic rings. The first-order valence-corrected chi connectivity index (χ1v) is 7.05. The SMILES string of the molecule is NC1CCc2cc(-c3ccc4cccnc4c3)ccc21. The lowest BCUT2D eigenvalue weighted by Gasteiger charge is -2.08. The highest BCUT2D eigenvalue weighted by molar-refractivity contribution is 5.84. The number of nitrogens with zero attached hydrogens (tertiary/aromatic N) is 1. The van der Waals surface area contributed by atoms with Gasteiger partial charge in [-0.25, -0.2) is 0 Å². The number of rotatable bonds is 1. The second kappa shape index (κ2) is 4.43. The van der Waals surface area contributed by atoms with Crippen LogP contribution >= 0.6 is 0 Å². The topological polar surface area (TPSA) is 38.9 Å². The molecule has 1 aromatic heterocycles. The minimum Gasteiger partial charge on any atom is -0.324 e. The third kappa shape index (κ3) is 1.81. The van der Waals surface area contributed by atoms with Crippen molar-refractivity contribution in [2.45, 2.75) is 18.9 Å². The van der Waals surface area contributed by atoms with Crippen molar-refractivity contribution in [1.29, 1.82) is 0 Å². The zero-order chi connectivity index (χ0) is 13.5. The number of aromatic nitrogens is 1. The van der Waals surface area contributed by atoms with E-state index in [0.29, 0.717) is 0 Å². The molecule has 0 radical (unpaired) electrons. The van der Waals surface area contributed by atoms with E-state index < -0.39 is 0 Å². The van der Waals surface area contributed by atoms with E-state index in [-0.39, 0.29) is 6.04 Å². The highest BCUT2D eigenvalue weighted by Crippen LogP contribution is 2.33. The van der Waals surface area contributed by atoms with Crippen molar-refractivity contribution in [2.24, 2.45) is 5.73 Å². The second-order valence-electron chi connectivity index (χ2n) is 5.47. The summed E-state index contributed by atoms with van der Waals surface area (Å²) in [5, 5.41) is 1.18. The van der Waals surface area contributed by atoms with Crippen molar-refractivity contribution < 1.29 is 0 Å². The van der Waals surface area contributed by atoms with Crippen molar-refractivity contribution in [2.75, 3.05) is 0 Å². The van der Waals surface area contributed by atoms with Crippen LogP contribution in [0.25, 0.3) is 22.0 Å². The van der Waals surface area contributed by atoms with E-state index in [2.05, 4.69) is 47.4 Å². The maximum Gasteiger partial charge on any atom is 0.0708 e. The average Bonchev–Trinajstić information content (AvgIpc) is 2.88. The molecule has 0 amide bonds. The molecule has 20 heavy (non-hydrogen) atoms. The van der Waals surface area contributed by atoms with Crippen LogP contribution in [0.15, 0.2) is 54.7 Å². The molecule has 0 spiro atoms. The average molecular weight is 260 g/mol. The van der Waals surface area contributed by atoms with Crippen LogP contribution in [0.2, 0.25) is 0 Å². The Labute approximate surface area is 118 Å². The van der Waals surface area contributed by atoms with Gasteiger partial charge in [0.1, 0.15) is 0 Å². The van der Waals surface area contributed by atoms with Crippen LogP contribution in [0, 0.1) is 0 Å². The molecule has 2 nitrogen and oxygen atoms in total. The molecule has 2 N–H and O–H groups in total. The van der Waals surface area contributed by atoms with Crippen LogP contribution < -0.4 is 5.73 Å². The largest absolute Gasteiger partial charge is 0.324 e. The first kappa shape index (κ1) is 11.6. The number of hydrogen-bond donors (Lipinski definition) is 1. The summed E-state index contributed by atoms with van der Waals surface area (Å²) in [6.07, 6.45) is 4.00. The molecule has 1 aliphatic carbocycles. The first-order valence-electron chi connectivity index (χ1n) is 7.05. The third-order valence-electron chi connectivity index (χ3n) is 4.21. The molecule has 1 atom stereocenters. The molecule has 0 bridgehead atoms. The van der Waals surface area contributed by atoms with Crippen molar-refractivity contribution >= 4 is 10.9 Å². The Bertz CT molecular complexity index is 792. The van der Waals surface area contributed by atoms with E-state index in [4.69, 9.17) is 5.73 Å². The fraction of sp³-hybridized carbons (Fsp3) is 0.167. The molecule has 98 valence electrons. The number of hydrogen-bond acceptors (Lipinski definition) is 2. The lowest BCUT2D eigenvalue weighted by atomic mass is 9.99. The van der Waals surface area contributed by atoms with Crippen LogP contribution in [-0.2, 0) is 6.42 Å². The summed E-state index contributed by atoms with van der Waals surface area (Å²) in [6.45, 7) is 0. The molecular weight excluding hydrogens is 244 g/mol. The van der Waals surface area contributed by atoms with Gasteiger partial charge in [0.2, 0.25) is 0 Å². The van der Waals surface area contributed by atoms with Gasteiger partial charge in [0, 0.05) is 17.6 Å². The van der Waals surface area contributed by atoms with Gasteiger partial charge in [-0.15, -0.1) is 0 Å². The van der Waals surface area contributed by atoms with Crippen LogP contribution in [0.3, 0.4) is 0 Å². The normalized spacial score (nSPS) is 17.4. The summed E-state index contributed by atoms with van der Waals surface area (Å²) in [5.41, 5.74) is 12.3. The van der Waals surface area contributed by atoms with Gasteiger partial charge in [-0.05, 0) is 47.2 Å². The Morgan fingerprint density at radius 3 is 2.80 bits per heavy atom. The highest BCUT2D eigenvalue weighted by Gasteiger charge is 2.19. The van der Waals surface area contributed by atoms with Gasteiger partial charge in [-0.2, -0.15) is 0 Å². The summed E-state index contributed by atoms with van der Waals surface area (Å²) in [7, 11) is 0. The molecule has 2 heteroatoms. The van der Waals surface area contributed by atoms with Crippen LogP contribution in [-0.4, -0.2) is 4.98 Å². The summed E-state index contributed by atoms with van der Waals surface area (Å²) in [4.78, 5) is 4.43. The van der Waals surface area contributed by atoms with E-state index in [9.17, 15) is 0 Å². The van der Waals surface area contributed by atoms with E-state index >= 15 is 0 Å². The summed E-state index contributed by atoms with van der Waals surface area (Å²) in [6, 6.07) is 17.4. The molecule has 0 saturated heterocycles. The number of pyridine rings is 1. The number of benzene rings is 2. The van der Waals surface area contributed by atoms with Gasteiger partial charge in [-0.3, -0.25) is 4.98 Å². The standard InChI is InChI=1S/C18H16N2/c19-17-8-6-15-10-13(5-7-16(15)17)14-4-3-12-2-1-9-20-18(12)11-14/h1-5,7,9-11,17H,6,8,19H2. The van der Waals surface area contributed by atoms with E-state index in [1.807, 2.05) is 12.3 Å². The predicted molar refractivity (Wildman–Crippen MR) is 82.4 cm³/mol. The zero-order valence-corrected chi connectivity index (χ0v) is 11.2. The number of aryl methyl sites for hydroxylation is 1. The molecule has 1 heterocycles. The van der Waals surface area contributed by atoms with Gasteiger partial charge in [0.05, 0.1) is 5.52 Å². The van der Waals surface area contributed by atoms with Crippen LogP contribution in [0.1, 0.15) is 23.6 Å². The first-order chi connectivity index (χ1) is 9.81. The zero-order valence-electron chi connectivity index (χ0n) is 11.2. The van der Waals surface area contributed by atoms with Crippen molar-refractivity contribution in [1.82, 2.24) is 4.98 Å². The number of nitrogens with two attached hydrogens (primary N) is 1. The van der Waals surface area contributed by atoms with Gasteiger partial charge < -0.3 is 5.73 Å². The Morgan fingerprint density at radius 1 is 1.00 bits per heavy atom. The van der Waals surface area contributed by atoms with Crippen molar-refractivity contribution in [3.05, 3.63) is 65.9 Å². The van der Waals surface area contributed by atoms with E-state index in [0.717, 1.165) is 18.4 Å². The Morgan fingerprint density at radius 2 is 1.85 bits per heavy atom. The summed E-state index contributed by atoms with van der Waals surface area (Å²) < 4.78 is 0. The van der Waals surface area contributed by atoms with Gasteiger partial charge in [-0.1, -0.05) is 36.4 Å². The second-order valence-corrected chi connectivity index (χ2v) is 5.47. The summed E-state index contributed by atoms with van der Waals surface area (Å²) >= 11 is 0. The molecule has 0 saturated carbocycles. The van der Waals surface area contributed by atoms with Crippen molar-refractivity contribution in [3.63, 3.8) is 0 Å². The van der Waals surface area contributed by atoms with E-state index in [1.165, 1.54) is 27.6 Å². The molecule has 2 aromatic carbocycles. The molecule has 0 fully saturated rings. The fourth-order valence-corrected chi connectivity index (χ4v) is 3.08. The monoisotopic (exact) mass is 260 g/mol. The summed E-state index contributed by atoms with van der Waals surface area (Å²) in [5.74, 6) is 0. The maximum atomic E-state index is 6.10. The lowest BCUT2D eigenvalue weighted by Crippen LogP contribution is -2.04. The molecule has 0 aliphatic heterocycles. The third-order valence-corrected chi connectivity index (χ3v) is 4.21. The van der Waals surface area contributed by atoms with Gasteiger partial charge in [0.15, 0.2) is 0 Å². The lowest BCUT2D eigenvalue weighted by molar-refractivity contribution is 0.713. The predicted octanol–water partition coefficient (Wildman–Crippen LogP) is 3.85. The van der Waals surface area contributed by atoms with Gasteiger partial charge >= 0.3 is 0 Å². The minimum atomic E-state index is 0.220. The molecular formula is C18H16N2. The quantitative estimate of drug-likeness (QED) is 0.721. The molecule has 4 rings (SSSR count). The van der Waals surface area contributed by atoms with Crippen LogP contribution in [0.4, 0.5) is 0 Å². The Balaban J connectivity index is 1.83. The molecule has 1 aliphatic rings. The highest BCUT2D eigenvalue weighted by atomic mass is 14.6. The van der Waals surface area contributed by atoms with Crippen LogP contribution in [0.5, 0.6) is 0 Å². The fourth-order valence-electron chi connectivity index (χ4n) is 3.08. The van der Waals surface area contributed by atoms with Crippen molar-refractivity contribution in [3.8, 4) is 11.1 Å². The number of fused-ring (bicyclic) bond motifs is 2. The van der Waals surface area contributed by atoms with E-state index in [1.54, 1.807) is 0 Å². The Hall–Kier alpha value is -2.19. The van der Waals surface area contributed by atoms with Gasteiger partial charge in [0.25, 0.3) is 0 Å². The smallest absolute Gasteiger partial charge is 0.0708 e. The Kier molecular flexibility index (Phi) is 2.57.